The number of nitrogens with zero attached hydrogens (tertiary/aromatic N) is 1. The van der Waals surface area contributed by atoms with E-state index in [0.29, 0.717) is 30.0 Å². The second-order valence-electron chi connectivity index (χ2n) is 7.42. The van der Waals surface area contributed by atoms with Crippen LogP contribution >= 0.6 is 23.2 Å². The zero-order valence-corrected chi connectivity index (χ0v) is 18.0. The number of nitro groups is 1. The molecular weight excluding hydrogens is 461 g/mol. The van der Waals surface area contributed by atoms with Gasteiger partial charge in [-0.15, -0.1) is 0 Å². The highest BCUT2D eigenvalue weighted by Gasteiger charge is 2.42. The van der Waals surface area contributed by atoms with Crippen molar-refractivity contribution in [2.75, 3.05) is 0 Å². The van der Waals surface area contributed by atoms with Crippen LogP contribution in [0.1, 0.15) is 29.6 Å². The van der Waals surface area contributed by atoms with Crippen LogP contribution in [0.5, 0.6) is 5.75 Å². The summed E-state index contributed by atoms with van der Waals surface area (Å²) in [5.74, 6) is -0.977. The van der Waals surface area contributed by atoms with Gasteiger partial charge in [0.25, 0.3) is 5.69 Å². The van der Waals surface area contributed by atoms with E-state index < -0.39 is 29.0 Å². The fourth-order valence-electron chi connectivity index (χ4n) is 3.76. The van der Waals surface area contributed by atoms with Crippen LogP contribution in [0.25, 0.3) is 0 Å². The first-order valence-electron chi connectivity index (χ1n) is 9.80. The van der Waals surface area contributed by atoms with Crippen molar-refractivity contribution in [2.45, 2.75) is 31.5 Å². The van der Waals surface area contributed by atoms with Crippen molar-refractivity contribution in [2.24, 2.45) is 5.92 Å². The smallest absolute Gasteiger partial charge is 0.340 e. The molecule has 0 N–H and O–H groups in total. The maximum absolute atomic E-state index is 12.9. The van der Waals surface area contributed by atoms with Gasteiger partial charge in [-0.05, 0) is 31.0 Å². The third-order valence-electron chi connectivity index (χ3n) is 5.38. The number of rotatable bonds is 5. The Bertz CT molecular complexity index is 1120. The molecule has 0 aromatic heterocycles. The Morgan fingerprint density at radius 1 is 1.12 bits per heavy atom. The number of nitro benzene ring substituents is 1. The molecule has 2 aliphatic rings. The number of allylic oxidation sites excluding steroid dienone is 1. The van der Waals surface area contributed by atoms with Crippen molar-refractivity contribution in [1.82, 2.24) is 0 Å². The number of carbonyl (C=O) groups excluding carboxylic acids is 2. The quantitative estimate of drug-likeness (QED) is 0.334. The molecule has 1 fully saturated rings. The first-order valence-corrected chi connectivity index (χ1v) is 10.6. The number of benzene rings is 2. The molecular formula is C22H17Cl2NO7. The summed E-state index contributed by atoms with van der Waals surface area (Å²) in [4.78, 5) is 35.8. The average molecular weight is 478 g/mol. The minimum atomic E-state index is -0.762. The molecule has 166 valence electrons. The van der Waals surface area contributed by atoms with Crippen LogP contribution in [0.2, 0.25) is 10.0 Å². The molecule has 0 spiro atoms. The SMILES string of the molecule is O=C(OC1CCC2C(=O)C(Oc3ccccc3Cl)=COC2C1)c1cc([N+](=O)[O-])ccc1Cl. The standard InChI is InChI=1S/C22H17Cl2NO7/c23-16-8-5-12(25(28)29)9-15(16)22(27)31-13-6-7-14-19(10-13)30-11-20(21(14)26)32-18-4-2-1-3-17(18)24/h1-5,8-9,11,13-14,19H,6-7,10H2. The molecule has 0 bridgehead atoms. The van der Waals surface area contributed by atoms with Crippen molar-refractivity contribution in [1.29, 1.82) is 0 Å². The molecule has 32 heavy (non-hydrogen) atoms. The van der Waals surface area contributed by atoms with Gasteiger partial charge in [0.2, 0.25) is 11.5 Å². The molecule has 8 nitrogen and oxygen atoms in total. The number of non-ortho nitro benzene ring substituents is 1. The maximum atomic E-state index is 12.9. The van der Waals surface area contributed by atoms with E-state index in [1.54, 1.807) is 24.3 Å². The highest BCUT2D eigenvalue weighted by molar-refractivity contribution is 6.33. The van der Waals surface area contributed by atoms with Crippen LogP contribution in [0.3, 0.4) is 0 Å². The topological polar surface area (TPSA) is 105 Å². The van der Waals surface area contributed by atoms with Gasteiger partial charge in [0.15, 0.2) is 0 Å². The number of fused-ring (bicyclic) bond motifs is 1. The first-order chi connectivity index (χ1) is 15.3. The van der Waals surface area contributed by atoms with E-state index in [1.807, 2.05) is 0 Å². The minimum Gasteiger partial charge on any atom is -0.493 e. The predicted octanol–water partition coefficient (Wildman–Crippen LogP) is 5.12. The molecule has 0 radical (unpaired) electrons. The summed E-state index contributed by atoms with van der Waals surface area (Å²) < 4.78 is 16.9. The molecule has 0 saturated heterocycles. The highest BCUT2D eigenvalue weighted by Crippen LogP contribution is 2.36. The number of ketones is 1. The number of hydrogen-bond acceptors (Lipinski definition) is 7. The molecule has 2 aromatic rings. The third kappa shape index (κ3) is 4.56. The number of Topliss-reactive ketones (excluding diaryl/α,β-unsaturated/α-hetero) is 1. The van der Waals surface area contributed by atoms with E-state index in [2.05, 4.69) is 0 Å². The number of halogens is 2. The van der Waals surface area contributed by atoms with Gasteiger partial charge in [-0.2, -0.15) is 0 Å². The number of carbonyl (C=O) groups is 2. The van der Waals surface area contributed by atoms with Crippen molar-refractivity contribution in [3.63, 3.8) is 0 Å². The highest BCUT2D eigenvalue weighted by atomic mass is 35.5. The average Bonchev–Trinajstić information content (AvgIpc) is 2.77. The first kappa shape index (κ1) is 22.1. The number of hydrogen-bond donors (Lipinski definition) is 0. The van der Waals surface area contributed by atoms with Gasteiger partial charge < -0.3 is 14.2 Å². The van der Waals surface area contributed by atoms with Gasteiger partial charge in [0.1, 0.15) is 24.2 Å². The van der Waals surface area contributed by atoms with Gasteiger partial charge in [-0.25, -0.2) is 4.79 Å². The molecule has 2 aromatic carbocycles. The summed E-state index contributed by atoms with van der Waals surface area (Å²) in [7, 11) is 0. The zero-order valence-electron chi connectivity index (χ0n) is 16.5. The largest absolute Gasteiger partial charge is 0.493 e. The van der Waals surface area contributed by atoms with Crippen LogP contribution in [0.15, 0.2) is 54.5 Å². The second kappa shape index (κ2) is 9.18. The normalized spacial score (nSPS) is 22.2. The minimum absolute atomic E-state index is 0.0580. The molecule has 3 atom stereocenters. The molecule has 4 rings (SSSR count). The summed E-state index contributed by atoms with van der Waals surface area (Å²) in [5.41, 5.74) is -0.346. The predicted molar refractivity (Wildman–Crippen MR) is 115 cm³/mol. The Labute approximate surface area is 192 Å². The van der Waals surface area contributed by atoms with E-state index in [9.17, 15) is 19.7 Å². The number of esters is 1. The second-order valence-corrected chi connectivity index (χ2v) is 8.24. The third-order valence-corrected chi connectivity index (χ3v) is 6.03. The lowest BCUT2D eigenvalue weighted by molar-refractivity contribution is -0.384. The van der Waals surface area contributed by atoms with Crippen molar-refractivity contribution in [3.05, 3.63) is 80.2 Å². The Balaban J connectivity index is 1.42. The van der Waals surface area contributed by atoms with E-state index in [0.717, 1.165) is 6.07 Å². The van der Waals surface area contributed by atoms with Crippen LogP contribution in [0.4, 0.5) is 5.69 Å². The van der Waals surface area contributed by atoms with Crippen molar-refractivity contribution in [3.8, 4) is 5.75 Å². The van der Waals surface area contributed by atoms with E-state index in [1.165, 1.54) is 18.4 Å². The van der Waals surface area contributed by atoms with Crippen LogP contribution in [-0.4, -0.2) is 28.9 Å². The number of ether oxygens (including phenoxy) is 3. The zero-order chi connectivity index (χ0) is 22.8. The monoisotopic (exact) mass is 477 g/mol. The Hall–Kier alpha value is -3.10. The fraction of sp³-hybridized carbons (Fsp3) is 0.273. The van der Waals surface area contributed by atoms with Gasteiger partial charge >= 0.3 is 5.97 Å². The fourth-order valence-corrected chi connectivity index (χ4v) is 4.13. The Morgan fingerprint density at radius 3 is 2.66 bits per heavy atom. The molecule has 0 amide bonds. The lowest BCUT2D eigenvalue weighted by atomic mass is 9.80. The Kier molecular flexibility index (Phi) is 6.34. The summed E-state index contributed by atoms with van der Waals surface area (Å²) in [6, 6.07) is 10.4. The molecule has 1 aliphatic heterocycles. The van der Waals surface area contributed by atoms with E-state index in [-0.39, 0.29) is 27.8 Å². The van der Waals surface area contributed by atoms with Gasteiger partial charge in [0, 0.05) is 18.6 Å². The van der Waals surface area contributed by atoms with Gasteiger partial charge in [0.05, 0.1) is 26.4 Å². The van der Waals surface area contributed by atoms with Crippen molar-refractivity contribution < 1.29 is 28.7 Å². The molecule has 1 heterocycles. The summed E-state index contributed by atoms with van der Waals surface area (Å²) >= 11 is 12.1. The lowest BCUT2D eigenvalue weighted by Gasteiger charge is -2.36. The molecule has 3 unspecified atom stereocenters. The summed E-state index contributed by atoms with van der Waals surface area (Å²) in [6.07, 6.45) is 1.40. The van der Waals surface area contributed by atoms with Crippen molar-refractivity contribution >= 4 is 40.6 Å². The maximum Gasteiger partial charge on any atom is 0.340 e. The molecule has 1 saturated carbocycles. The van der Waals surface area contributed by atoms with E-state index >= 15 is 0 Å². The molecule has 1 aliphatic carbocycles. The summed E-state index contributed by atoms with van der Waals surface area (Å²) in [5, 5.41) is 11.4. The van der Waals surface area contributed by atoms with Gasteiger partial charge in [-0.1, -0.05) is 35.3 Å². The number of para-hydroxylation sites is 1. The van der Waals surface area contributed by atoms with Crippen LogP contribution in [-0.2, 0) is 14.3 Å². The van der Waals surface area contributed by atoms with E-state index in [4.69, 9.17) is 37.4 Å². The van der Waals surface area contributed by atoms with Gasteiger partial charge in [-0.3, -0.25) is 14.9 Å². The van der Waals surface area contributed by atoms with Crippen LogP contribution < -0.4 is 4.74 Å². The summed E-state index contributed by atoms with van der Waals surface area (Å²) in [6.45, 7) is 0. The Morgan fingerprint density at radius 2 is 1.91 bits per heavy atom. The van der Waals surface area contributed by atoms with Crippen LogP contribution in [0, 0.1) is 16.0 Å². The molecule has 10 heteroatoms. The lowest BCUT2D eigenvalue weighted by Crippen LogP contribution is -2.43.